The highest BCUT2D eigenvalue weighted by atomic mass is 32.1. The molecule has 0 spiro atoms. The second-order valence-electron chi connectivity index (χ2n) is 6.96. The van der Waals surface area contributed by atoms with E-state index in [-0.39, 0.29) is 5.97 Å². The molecule has 25 heavy (non-hydrogen) atoms. The fraction of sp³-hybridized carbons (Fsp3) is 0.650. The number of hydrogen-bond acceptors (Lipinski definition) is 4. The van der Waals surface area contributed by atoms with Gasteiger partial charge < -0.3 is 10.1 Å². The van der Waals surface area contributed by atoms with Crippen LogP contribution >= 0.6 is 12.2 Å². The van der Waals surface area contributed by atoms with Crippen molar-refractivity contribution in [1.82, 2.24) is 10.3 Å². The van der Waals surface area contributed by atoms with Crippen molar-refractivity contribution in [2.75, 3.05) is 13.7 Å². The van der Waals surface area contributed by atoms with Crippen molar-refractivity contribution in [3.63, 3.8) is 0 Å². The Balaban J connectivity index is 1.85. The smallest absolute Gasteiger partial charge is 0.322 e. The number of esters is 1. The van der Waals surface area contributed by atoms with E-state index >= 15 is 0 Å². The van der Waals surface area contributed by atoms with E-state index in [0.717, 1.165) is 18.8 Å². The number of hydrogen-bond donors (Lipinski definition) is 1. The lowest BCUT2D eigenvalue weighted by molar-refractivity contribution is -0.145. The SMILES string of the molecule is CCCCC1CCC(COC(=O)C(C(=S)NC)c2ccccn2)CC1. The topological polar surface area (TPSA) is 51.2 Å². The summed E-state index contributed by atoms with van der Waals surface area (Å²) in [4.78, 5) is 17.3. The summed E-state index contributed by atoms with van der Waals surface area (Å²) in [5.41, 5.74) is 0.634. The molecule has 0 aliphatic heterocycles. The van der Waals surface area contributed by atoms with Crippen molar-refractivity contribution in [3.05, 3.63) is 30.1 Å². The number of carbonyl (C=O) groups is 1. The summed E-state index contributed by atoms with van der Waals surface area (Å²) < 4.78 is 5.63. The van der Waals surface area contributed by atoms with Gasteiger partial charge in [0, 0.05) is 13.2 Å². The highest BCUT2D eigenvalue weighted by Crippen LogP contribution is 2.32. The Bertz CT molecular complexity index is 542. The van der Waals surface area contributed by atoms with Crippen LogP contribution in [-0.4, -0.2) is 29.6 Å². The minimum Gasteiger partial charge on any atom is -0.465 e. The molecule has 1 unspecified atom stereocenters. The minimum atomic E-state index is -0.623. The van der Waals surface area contributed by atoms with Gasteiger partial charge in [0.25, 0.3) is 0 Å². The first kappa shape index (κ1) is 19.8. The van der Waals surface area contributed by atoms with Gasteiger partial charge in [-0.25, -0.2) is 0 Å². The van der Waals surface area contributed by atoms with E-state index in [1.165, 1.54) is 32.1 Å². The van der Waals surface area contributed by atoms with Gasteiger partial charge >= 0.3 is 5.97 Å². The Labute approximate surface area is 156 Å². The number of carbonyl (C=O) groups excluding carboxylic acids is 1. The zero-order valence-electron chi connectivity index (χ0n) is 15.4. The van der Waals surface area contributed by atoms with Crippen molar-refractivity contribution in [3.8, 4) is 0 Å². The molecule has 1 aromatic rings. The fourth-order valence-electron chi connectivity index (χ4n) is 3.52. The van der Waals surface area contributed by atoms with Gasteiger partial charge in [-0.05, 0) is 36.8 Å². The fourth-order valence-corrected chi connectivity index (χ4v) is 3.73. The van der Waals surface area contributed by atoms with Crippen molar-refractivity contribution in [1.29, 1.82) is 0 Å². The van der Waals surface area contributed by atoms with Crippen molar-refractivity contribution in [2.24, 2.45) is 11.8 Å². The largest absolute Gasteiger partial charge is 0.465 e. The third kappa shape index (κ3) is 6.07. The zero-order valence-corrected chi connectivity index (χ0v) is 16.2. The Hall–Kier alpha value is -1.49. The van der Waals surface area contributed by atoms with E-state index < -0.39 is 5.92 Å². The molecule has 1 atom stereocenters. The predicted molar refractivity (Wildman–Crippen MR) is 105 cm³/mol. The maximum atomic E-state index is 12.6. The number of nitrogens with one attached hydrogen (secondary N) is 1. The predicted octanol–water partition coefficient (Wildman–Crippen LogP) is 4.25. The van der Waals surface area contributed by atoms with Gasteiger partial charge in [-0.2, -0.15) is 0 Å². The molecule has 2 rings (SSSR count). The average molecular weight is 363 g/mol. The van der Waals surface area contributed by atoms with Gasteiger partial charge in [0.05, 0.1) is 17.3 Å². The first-order valence-corrected chi connectivity index (χ1v) is 9.85. The van der Waals surface area contributed by atoms with Gasteiger partial charge in [-0.1, -0.05) is 57.3 Å². The molecule has 1 saturated carbocycles. The maximum absolute atomic E-state index is 12.6. The average Bonchev–Trinajstić information content (AvgIpc) is 2.66. The number of aromatic nitrogens is 1. The summed E-state index contributed by atoms with van der Waals surface area (Å²) in [5.74, 6) is 0.424. The Morgan fingerprint density at radius 2 is 2.04 bits per heavy atom. The molecule has 1 fully saturated rings. The molecule has 0 saturated heterocycles. The van der Waals surface area contributed by atoms with Crippen LogP contribution in [0.3, 0.4) is 0 Å². The third-order valence-corrected chi connectivity index (χ3v) is 5.56. The van der Waals surface area contributed by atoms with Crippen LogP contribution in [0.2, 0.25) is 0 Å². The zero-order chi connectivity index (χ0) is 18.1. The number of ether oxygens (including phenoxy) is 1. The molecule has 1 aliphatic carbocycles. The number of thiocarbonyl (C=S) groups is 1. The van der Waals surface area contributed by atoms with Crippen LogP contribution in [0.1, 0.15) is 63.5 Å². The molecule has 1 aromatic heterocycles. The summed E-state index contributed by atoms with van der Waals surface area (Å²) >= 11 is 5.31. The number of nitrogens with zero attached hydrogens (tertiary/aromatic N) is 1. The van der Waals surface area contributed by atoms with Crippen LogP contribution in [0.4, 0.5) is 0 Å². The lowest BCUT2D eigenvalue weighted by Crippen LogP contribution is -2.32. The standard InChI is InChI=1S/C20H30N2O2S/c1-3-4-7-15-9-11-16(12-10-15)14-24-20(23)18(19(25)21-2)17-8-5-6-13-22-17/h5-6,8,13,15-16,18H,3-4,7,9-12,14H2,1-2H3,(H,21,25). The van der Waals surface area contributed by atoms with Crippen LogP contribution in [0.25, 0.3) is 0 Å². The van der Waals surface area contributed by atoms with Gasteiger partial charge in [0.2, 0.25) is 0 Å². The molecule has 4 nitrogen and oxygen atoms in total. The Morgan fingerprint density at radius 3 is 2.64 bits per heavy atom. The number of rotatable bonds is 8. The van der Waals surface area contributed by atoms with Crippen molar-refractivity contribution in [2.45, 2.75) is 57.8 Å². The highest BCUT2D eigenvalue weighted by Gasteiger charge is 2.29. The van der Waals surface area contributed by atoms with Crippen LogP contribution in [0.15, 0.2) is 24.4 Å². The summed E-state index contributed by atoms with van der Waals surface area (Å²) in [7, 11) is 1.73. The number of likely N-dealkylation sites (N-methyl/N-ethyl adjacent to an activating group) is 1. The quantitative estimate of drug-likeness (QED) is 0.553. The lowest BCUT2D eigenvalue weighted by atomic mass is 9.80. The molecule has 0 bridgehead atoms. The molecule has 0 amide bonds. The minimum absolute atomic E-state index is 0.300. The number of pyridine rings is 1. The van der Waals surface area contributed by atoms with E-state index in [1.807, 2.05) is 18.2 Å². The van der Waals surface area contributed by atoms with Crippen LogP contribution in [-0.2, 0) is 9.53 Å². The van der Waals surface area contributed by atoms with E-state index in [9.17, 15) is 4.79 Å². The lowest BCUT2D eigenvalue weighted by Gasteiger charge is -2.28. The Morgan fingerprint density at radius 1 is 1.32 bits per heavy atom. The highest BCUT2D eigenvalue weighted by molar-refractivity contribution is 7.80. The first-order chi connectivity index (χ1) is 12.2. The molecular weight excluding hydrogens is 332 g/mol. The number of unbranched alkanes of at least 4 members (excludes halogenated alkanes) is 1. The van der Waals surface area contributed by atoms with E-state index in [4.69, 9.17) is 17.0 Å². The van der Waals surface area contributed by atoms with E-state index in [2.05, 4.69) is 17.2 Å². The monoisotopic (exact) mass is 362 g/mol. The molecule has 5 heteroatoms. The third-order valence-electron chi connectivity index (χ3n) is 5.12. The van der Waals surface area contributed by atoms with Crippen molar-refractivity contribution < 1.29 is 9.53 Å². The van der Waals surface area contributed by atoms with Crippen LogP contribution in [0, 0.1) is 11.8 Å². The summed E-state index contributed by atoms with van der Waals surface area (Å²) in [6.07, 6.45) is 10.5. The molecule has 1 aliphatic rings. The normalized spacial score (nSPS) is 21.4. The summed E-state index contributed by atoms with van der Waals surface area (Å²) in [6, 6.07) is 5.50. The molecule has 0 radical (unpaired) electrons. The molecule has 0 aromatic carbocycles. The molecule has 1 N–H and O–H groups in total. The van der Waals surface area contributed by atoms with Gasteiger partial charge in [0.15, 0.2) is 0 Å². The van der Waals surface area contributed by atoms with Gasteiger partial charge in [-0.15, -0.1) is 0 Å². The van der Waals surface area contributed by atoms with Gasteiger partial charge in [-0.3, -0.25) is 9.78 Å². The van der Waals surface area contributed by atoms with Gasteiger partial charge in [0.1, 0.15) is 5.92 Å². The van der Waals surface area contributed by atoms with E-state index in [1.54, 1.807) is 13.2 Å². The molecule has 1 heterocycles. The molecule has 138 valence electrons. The summed E-state index contributed by atoms with van der Waals surface area (Å²) in [6.45, 7) is 2.74. The Kier molecular flexibility index (Phi) is 8.32. The van der Waals surface area contributed by atoms with Crippen LogP contribution in [0.5, 0.6) is 0 Å². The maximum Gasteiger partial charge on any atom is 0.322 e. The second-order valence-corrected chi connectivity index (χ2v) is 7.40. The first-order valence-electron chi connectivity index (χ1n) is 9.44. The second kappa shape index (κ2) is 10.5. The van der Waals surface area contributed by atoms with Crippen LogP contribution < -0.4 is 5.32 Å². The summed E-state index contributed by atoms with van der Waals surface area (Å²) in [5, 5.41) is 2.90. The van der Waals surface area contributed by atoms with E-state index in [0.29, 0.717) is 23.2 Å². The van der Waals surface area contributed by atoms with Crippen molar-refractivity contribution >= 4 is 23.2 Å². The molecular formula is C20H30N2O2S.